The number of nitrogen functional groups attached to an aromatic ring is 1. The predicted octanol–water partition coefficient (Wildman–Crippen LogP) is 6.56. The fraction of sp³-hybridized carbons (Fsp3) is 0.780. The van der Waals surface area contributed by atoms with E-state index < -0.39 is 133 Å². The number of cyclic esters (lactones) is 1. The maximum Gasteiger partial charge on any atom is 0.481 e. The number of Topliss-reactive ketones (excluding diaryl/α,β-unsaturated/α-hetero) is 1. The first-order valence-electron chi connectivity index (χ1n) is 26.5. The summed E-state index contributed by atoms with van der Waals surface area (Å²) in [4.78, 5) is 77.8. The second kappa shape index (κ2) is 35.3. The first kappa shape index (κ1) is 65.1. The molecule has 3 rings (SSSR count). The fourth-order valence-corrected chi connectivity index (χ4v) is 10.8. The average Bonchev–Trinajstić information content (AvgIpc) is 3.33. The van der Waals surface area contributed by atoms with Gasteiger partial charge in [-0.15, -0.1) is 0 Å². The Labute approximate surface area is 435 Å². The van der Waals surface area contributed by atoms with E-state index in [0.29, 0.717) is 19.3 Å². The highest BCUT2D eigenvalue weighted by Crippen LogP contribution is 2.60. The highest BCUT2D eigenvalue weighted by molar-refractivity contribution is 7.61. The third-order valence-corrected chi connectivity index (χ3v) is 15.6. The topological polar surface area (TPSA) is 343 Å². The number of fused-ring (bicyclic) bond motifs is 3. The molecule has 1 aromatic heterocycles. The van der Waals surface area contributed by atoms with Crippen molar-refractivity contribution in [3.63, 3.8) is 0 Å². The summed E-state index contributed by atoms with van der Waals surface area (Å²) in [5.41, 5.74) is 4.67. The number of aliphatic hydroxyl groups excluding tert-OH is 5. The second-order valence-electron chi connectivity index (χ2n) is 19.3. The molecule has 2 fully saturated rings. The molecule has 22 nitrogen and oxygen atoms in total. The molecule has 74 heavy (non-hydrogen) atoms. The van der Waals surface area contributed by atoms with Crippen molar-refractivity contribution in [1.29, 1.82) is 0 Å². The number of nitrogens with zero attached hydrogens (tertiary/aromatic N) is 2. The minimum absolute atomic E-state index is 0.0497. The molecule has 2 saturated heterocycles. The maximum atomic E-state index is 13.7. The smallest absolute Gasteiger partial charge is 0.462 e. The van der Waals surface area contributed by atoms with Gasteiger partial charge in [0.25, 0.3) is 0 Å². The number of carbonyl (C=O) groups excluding carboxylic acids is 3. The zero-order valence-corrected chi connectivity index (χ0v) is 45.0. The van der Waals surface area contributed by atoms with Gasteiger partial charge in [0.15, 0.2) is 6.10 Å². The van der Waals surface area contributed by atoms with Crippen molar-refractivity contribution in [3.8, 4) is 0 Å². The van der Waals surface area contributed by atoms with Gasteiger partial charge in [0.1, 0.15) is 36.6 Å². The Morgan fingerprint density at radius 3 is 2.11 bits per heavy atom. The summed E-state index contributed by atoms with van der Waals surface area (Å²) in [6.45, 7) is 1.31. The number of hydrogen-bond acceptors (Lipinski definition) is 19. The SMILES string of the molecule is CCCCCC/C=C\CCCCCCCCCC(=O)OC[C@@H]1COP(=O)(O)OP(=O)(O)OC[C@H]2O[C@@H](n3ccc(N)nc3=O)[C@@H](CC(=O)CCCCC(=O)O1)[C@@H](O)C[C@@H](O)[C@H](/C=C\[C@@H](O)CCCCC)[C@H](O)[C@@H]2O. The number of rotatable bonds is 24. The van der Waals surface area contributed by atoms with Gasteiger partial charge in [0.05, 0.1) is 37.6 Å². The molecule has 0 amide bonds. The standard InChI is InChI=1S/C50H85N3O19P2/c1-3-5-7-8-9-10-11-12-13-14-15-16-17-18-20-25-45(58)67-33-38-34-68-73(63,64)72-74(65,66)69-35-43-48(61)47(60)39(28-27-36(54)23-19-6-4-2)41(56)32-42(57)40(31-37(55)24-21-22-26-46(59)70-38)49(71-43)53-30-29-44(51)52-50(53)62/h10-11,27-30,36,38-43,47-49,54,56-57,60-61H,3-9,12-26,31-35H2,1-2H3,(H,63,64)(H,65,66)(H2,51,52,62)/b11-10-,28-27-/t36-,38+,39-,40-,41+,42-,43+,47-,48+,49+/m0/s1. The summed E-state index contributed by atoms with van der Waals surface area (Å²) < 4.78 is 58.7. The number of aliphatic hydroxyl groups is 5. The number of carbonyl (C=O) groups is 3. The molecule has 3 heterocycles. The van der Waals surface area contributed by atoms with Gasteiger partial charge in [-0.2, -0.15) is 9.29 Å². The predicted molar refractivity (Wildman–Crippen MR) is 273 cm³/mol. The Bertz CT molecular complexity index is 2020. The van der Waals surface area contributed by atoms with Crippen LogP contribution in [0, 0.1) is 11.8 Å². The average molecular weight is 1090 g/mol. The van der Waals surface area contributed by atoms with Gasteiger partial charge in [0.2, 0.25) is 0 Å². The summed E-state index contributed by atoms with van der Waals surface area (Å²) >= 11 is 0. The molecule has 9 N–H and O–H groups in total. The lowest BCUT2D eigenvalue weighted by Crippen LogP contribution is -2.52. The molecule has 0 aliphatic carbocycles. The summed E-state index contributed by atoms with van der Waals surface area (Å²) in [5, 5.41) is 57.4. The van der Waals surface area contributed by atoms with E-state index in [1.54, 1.807) is 0 Å². The van der Waals surface area contributed by atoms with Crippen molar-refractivity contribution in [2.24, 2.45) is 11.8 Å². The molecule has 24 heteroatoms. The van der Waals surface area contributed by atoms with Crippen molar-refractivity contribution >= 4 is 39.2 Å². The van der Waals surface area contributed by atoms with Crippen LogP contribution in [0.1, 0.15) is 174 Å². The number of unbranched alkanes of at least 4 members (excludes halogenated alkanes) is 13. The Hall–Kier alpha value is -3.21. The Morgan fingerprint density at radius 2 is 1.45 bits per heavy atom. The number of ketones is 1. The van der Waals surface area contributed by atoms with Gasteiger partial charge in [-0.25, -0.2) is 13.9 Å². The number of esters is 2. The van der Waals surface area contributed by atoms with E-state index in [1.807, 2.05) is 6.92 Å². The summed E-state index contributed by atoms with van der Waals surface area (Å²) in [7, 11) is -11.4. The number of aromatic nitrogens is 2. The molecular formula is C50H85N3O19P2. The van der Waals surface area contributed by atoms with E-state index in [1.165, 1.54) is 43.9 Å². The van der Waals surface area contributed by atoms with Crippen molar-refractivity contribution < 1.29 is 86.4 Å². The molecule has 2 bridgehead atoms. The van der Waals surface area contributed by atoms with Gasteiger partial charge in [-0.05, 0) is 57.4 Å². The molecule has 12 atom stereocenters. The first-order valence-corrected chi connectivity index (χ1v) is 29.5. The van der Waals surface area contributed by atoms with Crippen LogP contribution < -0.4 is 11.4 Å². The van der Waals surface area contributed by atoms with Gasteiger partial charge < -0.3 is 55.3 Å². The number of phosphoric acid groups is 2. The molecule has 424 valence electrons. The van der Waals surface area contributed by atoms with Crippen LogP contribution in [0.5, 0.6) is 0 Å². The summed E-state index contributed by atoms with van der Waals surface area (Å²) in [6.07, 6.45) is 9.24. The lowest BCUT2D eigenvalue weighted by molar-refractivity contribution is -0.196. The minimum Gasteiger partial charge on any atom is -0.462 e. The fourth-order valence-electron chi connectivity index (χ4n) is 8.71. The number of nitrogens with two attached hydrogens (primary N) is 1. The largest absolute Gasteiger partial charge is 0.481 e. The number of allylic oxidation sites excluding steroid dienone is 2. The van der Waals surface area contributed by atoms with Crippen LogP contribution in [-0.4, -0.2) is 125 Å². The second-order valence-corrected chi connectivity index (χ2v) is 22.4. The number of hydrogen-bond donors (Lipinski definition) is 8. The molecule has 0 spiro atoms. The number of phosphoric ester groups is 2. The van der Waals surface area contributed by atoms with Crippen LogP contribution in [-0.2, 0) is 51.1 Å². The Balaban J connectivity index is 1.79. The zero-order chi connectivity index (χ0) is 54.5. The number of ether oxygens (including phenoxy) is 3. The molecule has 2 unspecified atom stereocenters. The maximum absolute atomic E-state index is 13.7. The van der Waals surface area contributed by atoms with Crippen LogP contribution in [0.4, 0.5) is 5.82 Å². The van der Waals surface area contributed by atoms with Gasteiger partial charge in [-0.1, -0.05) is 109 Å². The van der Waals surface area contributed by atoms with E-state index in [4.69, 9.17) is 29.0 Å². The van der Waals surface area contributed by atoms with Crippen molar-refractivity contribution in [2.75, 3.05) is 25.6 Å². The van der Waals surface area contributed by atoms with E-state index in [2.05, 4.69) is 28.4 Å². The number of anilines is 1. The lowest BCUT2D eigenvalue weighted by atomic mass is 9.82. The molecule has 2 aliphatic rings. The van der Waals surface area contributed by atoms with E-state index in [0.717, 1.165) is 75.0 Å². The highest BCUT2D eigenvalue weighted by Gasteiger charge is 2.45. The van der Waals surface area contributed by atoms with E-state index in [-0.39, 0.29) is 37.9 Å². The lowest BCUT2D eigenvalue weighted by Gasteiger charge is -2.40. The minimum atomic E-state index is -5.76. The van der Waals surface area contributed by atoms with Crippen molar-refractivity contribution in [3.05, 3.63) is 47.1 Å². The molecule has 1 aromatic rings. The first-order chi connectivity index (χ1) is 35.3. The summed E-state index contributed by atoms with van der Waals surface area (Å²) in [6, 6.07) is 1.18. The van der Waals surface area contributed by atoms with Gasteiger partial charge in [-0.3, -0.25) is 28.0 Å². The highest BCUT2D eigenvalue weighted by atomic mass is 31.3. The van der Waals surface area contributed by atoms with Crippen molar-refractivity contribution in [1.82, 2.24) is 9.55 Å². The quantitative estimate of drug-likeness (QED) is 0.0235. The molecule has 2 aliphatic heterocycles. The van der Waals surface area contributed by atoms with Crippen LogP contribution in [0.25, 0.3) is 0 Å². The molecular weight excluding hydrogens is 1010 g/mol. The van der Waals surface area contributed by atoms with Gasteiger partial charge >= 0.3 is 33.3 Å². The Kier molecular flexibility index (Phi) is 31.0. The van der Waals surface area contributed by atoms with Crippen LogP contribution in [0.2, 0.25) is 0 Å². The molecule has 0 radical (unpaired) electrons. The van der Waals surface area contributed by atoms with Crippen LogP contribution in [0.15, 0.2) is 41.4 Å². The van der Waals surface area contributed by atoms with E-state index >= 15 is 0 Å². The summed E-state index contributed by atoms with van der Waals surface area (Å²) in [5.74, 6) is -5.17. The van der Waals surface area contributed by atoms with Crippen LogP contribution in [0.3, 0.4) is 0 Å². The van der Waals surface area contributed by atoms with Crippen LogP contribution >= 0.6 is 15.6 Å². The molecule has 0 aromatic carbocycles. The third-order valence-electron chi connectivity index (χ3n) is 13.0. The van der Waals surface area contributed by atoms with Crippen molar-refractivity contribution in [2.45, 2.75) is 217 Å². The molecule has 0 saturated carbocycles. The normalized spacial score (nSPS) is 30.0. The van der Waals surface area contributed by atoms with E-state index in [9.17, 15) is 63.6 Å². The zero-order valence-electron chi connectivity index (χ0n) is 43.2. The Morgan fingerprint density at radius 1 is 0.838 bits per heavy atom. The monoisotopic (exact) mass is 1090 g/mol. The van der Waals surface area contributed by atoms with Gasteiger partial charge in [0, 0.05) is 50.1 Å². The third kappa shape index (κ3) is 25.8.